The van der Waals surface area contributed by atoms with Crippen molar-refractivity contribution in [2.45, 2.75) is 12.8 Å². The molecule has 0 bridgehead atoms. The van der Waals surface area contributed by atoms with Crippen molar-refractivity contribution >= 4 is 34.9 Å². The highest BCUT2D eigenvalue weighted by molar-refractivity contribution is 6.30. The number of Topliss-reactive ketones (excluding diaryl/α,β-unsaturated/α-hetero) is 1. The Kier molecular flexibility index (Phi) is 4.58. The van der Waals surface area contributed by atoms with Crippen LogP contribution in [0.15, 0.2) is 36.4 Å². The second-order valence-electron chi connectivity index (χ2n) is 6.59. The largest absolute Gasteiger partial charge is 0.492 e. The first kappa shape index (κ1) is 17.5. The Morgan fingerprint density at radius 2 is 2.04 bits per heavy atom. The maximum absolute atomic E-state index is 12.3. The molecular formula is C20H16ClNO5. The summed E-state index contributed by atoms with van der Waals surface area (Å²) < 4.78 is 10.8. The molecule has 2 aromatic carbocycles. The summed E-state index contributed by atoms with van der Waals surface area (Å²) in [6.07, 6.45) is 0.702. The fraction of sp³-hybridized carbons (Fsp3) is 0.250. The highest BCUT2D eigenvalue weighted by atomic mass is 35.5. The molecule has 0 saturated carbocycles. The van der Waals surface area contributed by atoms with E-state index in [1.807, 2.05) is 0 Å². The summed E-state index contributed by atoms with van der Waals surface area (Å²) in [6, 6.07) is 10.2. The van der Waals surface area contributed by atoms with Gasteiger partial charge in [-0.1, -0.05) is 11.6 Å². The number of ether oxygens (including phenoxy) is 2. The number of halogens is 1. The van der Waals surface area contributed by atoms with E-state index in [1.165, 1.54) is 0 Å². The lowest BCUT2D eigenvalue weighted by Gasteiger charge is -2.24. The number of hydrogen-bond acceptors (Lipinski definition) is 5. The number of fused-ring (bicyclic) bond motifs is 2. The number of hydrogen-bond donors (Lipinski definition) is 1. The Bertz CT molecular complexity index is 955. The quantitative estimate of drug-likeness (QED) is 0.646. The van der Waals surface area contributed by atoms with Gasteiger partial charge in [0.05, 0.1) is 12.3 Å². The first-order chi connectivity index (χ1) is 13.0. The minimum Gasteiger partial charge on any atom is -0.492 e. The number of amides is 1. The molecule has 1 atom stereocenters. The van der Waals surface area contributed by atoms with Gasteiger partial charge in [-0.25, -0.2) is 0 Å². The molecule has 7 heteroatoms. The van der Waals surface area contributed by atoms with E-state index in [9.17, 15) is 14.4 Å². The minimum absolute atomic E-state index is 0.0984. The standard InChI is InChI=1S/C20H16ClNO5/c21-15-2-4-18-13(7-15)6-14(9-26-18)20(25)27-10-17(23)11-1-3-16-12(5-11)8-19(24)22-16/h1-5,7,14H,6,8-10H2,(H,22,24)/t14-/m0/s1. The van der Waals surface area contributed by atoms with Gasteiger partial charge in [-0.15, -0.1) is 0 Å². The van der Waals surface area contributed by atoms with Gasteiger partial charge in [-0.2, -0.15) is 0 Å². The van der Waals surface area contributed by atoms with E-state index < -0.39 is 11.9 Å². The molecule has 138 valence electrons. The van der Waals surface area contributed by atoms with Gasteiger partial charge in [0.2, 0.25) is 5.91 Å². The number of nitrogens with one attached hydrogen (secondary N) is 1. The summed E-state index contributed by atoms with van der Waals surface area (Å²) in [4.78, 5) is 36.0. The third-order valence-electron chi connectivity index (χ3n) is 4.66. The maximum Gasteiger partial charge on any atom is 0.313 e. The van der Waals surface area contributed by atoms with E-state index in [2.05, 4.69) is 5.32 Å². The third kappa shape index (κ3) is 3.66. The van der Waals surface area contributed by atoms with Crippen molar-refractivity contribution < 1.29 is 23.9 Å². The van der Waals surface area contributed by atoms with Gasteiger partial charge in [0.1, 0.15) is 12.4 Å². The second-order valence-corrected chi connectivity index (χ2v) is 7.03. The number of rotatable bonds is 4. The number of benzene rings is 2. The van der Waals surface area contributed by atoms with Crippen LogP contribution < -0.4 is 10.1 Å². The molecule has 2 heterocycles. The molecule has 2 aliphatic rings. The molecule has 1 N–H and O–H groups in total. The predicted octanol–water partition coefficient (Wildman–Crippen LogP) is 2.81. The van der Waals surface area contributed by atoms with Crippen LogP contribution in [0.5, 0.6) is 5.75 Å². The normalized spacial score (nSPS) is 17.4. The van der Waals surface area contributed by atoms with Crippen LogP contribution in [-0.2, 0) is 27.2 Å². The summed E-state index contributed by atoms with van der Waals surface area (Å²) >= 11 is 5.98. The zero-order chi connectivity index (χ0) is 19.0. The molecule has 0 radical (unpaired) electrons. The van der Waals surface area contributed by atoms with E-state index in [-0.39, 0.29) is 31.3 Å². The van der Waals surface area contributed by atoms with Gasteiger partial charge >= 0.3 is 5.97 Å². The van der Waals surface area contributed by atoms with Crippen LogP contribution in [0.25, 0.3) is 0 Å². The van der Waals surface area contributed by atoms with Crippen molar-refractivity contribution in [2.24, 2.45) is 5.92 Å². The molecule has 6 nitrogen and oxygen atoms in total. The van der Waals surface area contributed by atoms with Crippen molar-refractivity contribution in [1.82, 2.24) is 0 Å². The number of carbonyl (C=O) groups is 3. The van der Waals surface area contributed by atoms with Gasteiger partial charge < -0.3 is 14.8 Å². The van der Waals surface area contributed by atoms with Crippen molar-refractivity contribution in [1.29, 1.82) is 0 Å². The summed E-state index contributed by atoms with van der Waals surface area (Å²) in [5.74, 6) is -0.664. The lowest BCUT2D eigenvalue weighted by atomic mass is 9.97. The molecule has 2 aliphatic heterocycles. The van der Waals surface area contributed by atoms with Gasteiger partial charge in [0, 0.05) is 16.3 Å². The zero-order valence-corrected chi connectivity index (χ0v) is 15.0. The van der Waals surface area contributed by atoms with Crippen LogP contribution in [0.1, 0.15) is 21.5 Å². The molecule has 0 aromatic heterocycles. The molecule has 4 rings (SSSR count). The SMILES string of the molecule is O=C1Cc2cc(C(=O)COC(=O)[C@@H]3COc4ccc(Cl)cc4C3)ccc2N1. The third-order valence-corrected chi connectivity index (χ3v) is 4.90. The minimum atomic E-state index is -0.481. The van der Waals surface area contributed by atoms with Crippen molar-refractivity contribution in [3.05, 3.63) is 58.1 Å². The number of esters is 1. The second kappa shape index (κ2) is 7.04. The number of carbonyl (C=O) groups excluding carboxylic acids is 3. The van der Waals surface area contributed by atoms with Crippen LogP contribution in [0.3, 0.4) is 0 Å². The van der Waals surface area contributed by atoms with E-state index in [1.54, 1.807) is 36.4 Å². The summed E-state index contributed by atoms with van der Waals surface area (Å²) in [5.41, 5.74) is 2.74. The Labute approximate surface area is 160 Å². The summed E-state index contributed by atoms with van der Waals surface area (Å²) in [7, 11) is 0. The highest BCUT2D eigenvalue weighted by Gasteiger charge is 2.28. The maximum atomic E-state index is 12.3. The first-order valence-electron chi connectivity index (χ1n) is 8.53. The van der Waals surface area contributed by atoms with Crippen molar-refractivity contribution in [3.63, 3.8) is 0 Å². The lowest BCUT2D eigenvalue weighted by molar-refractivity contribution is -0.148. The first-order valence-corrected chi connectivity index (χ1v) is 8.91. The van der Waals surface area contributed by atoms with E-state index in [0.717, 1.165) is 11.1 Å². The Morgan fingerprint density at radius 3 is 2.89 bits per heavy atom. The van der Waals surface area contributed by atoms with Gasteiger partial charge in [-0.05, 0) is 53.9 Å². The smallest absolute Gasteiger partial charge is 0.313 e. The fourth-order valence-corrected chi connectivity index (χ4v) is 3.45. The van der Waals surface area contributed by atoms with Crippen LogP contribution in [0.4, 0.5) is 5.69 Å². The van der Waals surface area contributed by atoms with Crippen LogP contribution in [-0.4, -0.2) is 30.9 Å². The zero-order valence-electron chi connectivity index (χ0n) is 14.3. The molecule has 0 spiro atoms. The Balaban J connectivity index is 1.36. The molecule has 0 unspecified atom stereocenters. The van der Waals surface area contributed by atoms with Crippen LogP contribution in [0, 0.1) is 5.92 Å². The average Bonchev–Trinajstić information content (AvgIpc) is 3.04. The van der Waals surface area contributed by atoms with E-state index in [4.69, 9.17) is 21.1 Å². The van der Waals surface area contributed by atoms with Gasteiger partial charge in [0.15, 0.2) is 12.4 Å². The lowest BCUT2D eigenvalue weighted by Crippen LogP contribution is -2.31. The van der Waals surface area contributed by atoms with Gasteiger partial charge in [-0.3, -0.25) is 14.4 Å². The molecule has 27 heavy (non-hydrogen) atoms. The van der Waals surface area contributed by atoms with Crippen LogP contribution in [0.2, 0.25) is 5.02 Å². The van der Waals surface area contributed by atoms with Crippen LogP contribution >= 0.6 is 11.6 Å². The van der Waals surface area contributed by atoms with E-state index >= 15 is 0 Å². The topological polar surface area (TPSA) is 81.7 Å². The van der Waals surface area contributed by atoms with Crippen molar-refractivity contribution in [2.75, 3.05) is 18.5 Å². The molecular weight excluding hydrogens is 370 g/mol. The van der Waals surface area contributed by atoms with Crippen molar-refractivity contribution in [3.8, 4) is 5.75 Å². The number of ketones is 1. The Hall–Kier alpha value is -2.86. The molecule has 1 amide bonds. The molecule has 0 fully saturated rings. The Morgan fingerprint density at radius 1 is 1.19 bits per heavy atom. The number of anilines is 1. The summed E-state index contributed by atoms with van der Waals surface area (Å²) in [5, 5.41) is 3.29. The monoisotopic (exact) mass is 385 g/mol. The highest BCUT2D eigenvalue weighted by Crippen LogP contribution is 2.30. The molecule has 0 aliphatic carbocycles. The van der Waals surface area contributed by atoms with E-state index in [0.29, 0.717) is 28.4 Å². The van der Waals surface area contributed by atoms with Gasteiger partial charge in [0.25, 0.3) is 0 Å². The fourth-order valence-electron chi connectivity index (χ4n) is 3.26. The molecule has 0 saturated heterocycles. The predicted molar refractivity (Wildman–Crippen MR) is 98.2 cm³/mol. The average molecular weight is 386 g/mol. The summed E-state index contributed by atoms with van der Waals surface area (Å²) in [6.45, 7) is -0.147. The molecule has 2 aromatic rings.